The summed E-state index contributed by atoms with van der Waals surface area (Å²) in [5, 5.41) is 24.1. The number of halogens is 2. The molecule has 1 heterocycles. The number of carbonyl (C=O) groups is 3. The summed E-state index contributed by atoms with van der Waals surface area (Å²) in [6.45, 7) is 0.402. The average molecular weight is 699 g/mol. The molecule has 0 saturated carbocycles. The molecule has 220 valence electrons. The summed E-state index contributed by atoms with van der Waals surface area (Å²) in [6.07, 6.45) is 0.589. The Bertz CT molecular complexity index is 1280. The second kappa shape index (κ2) is 14.5. The van der Waals surface area contributed by atoms with Crippen molar-refractivity contribution in [2.24, 2.45) is 0 Å². The van der Waals surface area contributed by atoms with Crippen molar-refractivity contribution in [3.8, 4) is 11.5 Å². The summed E-state index contributed by atoms with van der Waals surface area (Å²) < 4.78 is 18.0. The van der Waals surface area contributed by atoms with Crippen LogP contribution in [0.4, 0.5) is 0 Å². The lowest BCUT2D eigenvalue weighted by Gasteiger charge is -2.41. The van der Waals surface area contributed by atoms with Gasteiger partial charge < -0.3 is 34.6 Å². The highest BCUT2D eigenvalue weighted by Gasteiger charge is 2.43. The van der Waals surface area contributed by atoms with E-state index in [4.69, 9.17) is 25.8 Å². The molecule has 1 unspecified atom stereocenters. The lowest BCUT2D eigenvalue weighted by molar-refractivity contribution is -0.149. The van der Waals surface area contributed by atoms with Gasteiger partial charge in [-0.15, -0.1) is 0 Å². The zero-order chi connectivity index (χ0) is 29.5. The highest BCUT2D eigenvalue weighted by molar-refractivity contribution is 14.1. The number of hydrogen-bond donors (Lipinski definition) is 3. The van der Waals surface area contributed by atoms with Crippen LogP contribution < -0.4 is 14.8 Å². The number of aliphatic hydroxyl groups excluding tert-OH is 2. The van der Waals surface area contributed by atoms with Crippen molar-refractivity contribution in [2.45, 2.75) is 50.2 Å². The number of aldehydes is 1. The summed E-state index contributed by atoms with van der Waals surface area (Å²) in [7, 11) is 1.44. The molecule has 3 N–H and O–H groups in total. The van der Waals surface area contributed by atoms with E-state index in [-0.39, 0.29) is 43.5 Å². The molecule has 2 amide bonds. The van der Waals surface area contributed by atoms with Crippen molar-refractivity contribution in [3.05, 3.63) is 67.8 Å². The van der Waals surface area contributed by atoms with Crippen LogP contribution in [0.15, 0.2) is 48.0 Å². The van der Waals surface area contributed by atoms with Crippen molar-refractivity contribution in [1.82, 2.24) is 10.2 Å². The van der Waals surface area contributed by atoms with Crippen molar-refractivity contribution in [1.29, 1.82) is 0 Å². The Kier molecular flexibility index (Phi) is 11.0. The van der Waals surface area contributed by atoms with Crippen molar-refractivity contribution < 1.29 is 38.8 Å². The van der Waals surface area contributed by atoms with E-state index in [1.165, 1.54) is 19.3 Å². The molecule has 0 bridgehead atoms. The first-order valence-electron chi connectivity index (χ1n) is 13.2. The van der Waals surface area contributed by atoms with E-state index in [0.717, 1.165) is 12.0 Å². The number of aliphatic hydroxyl groups is 2. The summed E-state index contributed by atoms with van der Waals surface area (Å²) in [6, 6.07) is 9.32. The zero-order valence-electron chi connectivity index (χ0n) is 22.4. The van der Waals surface area contributed by atoms with Crippen molar-refractivity contribution in [2.75, 3.05) is 26.9 Å². The van der Waals surface area contributed by atoms with Gasteiger partial charge in [-0.2, -0.15) is 0 Å². The Morgan fingerprint density at radius 3 is 2.66 bits per heavy atom. The maximum absolute atomic E-state index is 13.8. The van der Waals surface area contributed by atoms with E-state index in [2.05, 4.69) is 5.32 Å². The molecule has 2 aromatic carbocycles. The molecule has 1 fully saturated rings. The number of rotatable bonds is 11. The Morgan fingerprint density at radius 1 is 1.27 bits per heavy atom. The van der Waals surface area contributed by atoms with Crippen LogP contribution >= 0.6 is 34.2 Å². The van der Waals surface area contributed by atoms with Gasteiger partial charge in [0.25, 0.3) is 5.91 Å². The Balaban J connectivity index is 1.73. The lowest BCUT2D eigenvalue weighted by Crippen LogP contribution is -2.56. The maximum atomic E-state index is 13.8. The van der Waals surface area contributed by atoms with Crippen LogP contribution in [0.2, 0.25) is 5.02 Å². The monoisotopic (exact) mass is 698 g/mol. The van der Waals surface area contributed by atoms with E-state index < -0.39 is 30.3 Å². The third-order valence-electron chi connectivity index (χ3n) is 7.01. The first kappa shape index (κ1) is 31.2. The molecule has 1 saturated heterocycles. The summed E-state index contributed by atoms with van der Waals surface area (Å²) in [5.74, 6) is -0.177. The number of ether oxygens (including phenoxy) is 3. The quantitative estimate of drug-likeness (QED) is 0.241. The smallest absolute Gasteiger partial charge is 0.252 e. The van der Waals surface area contributed by atoms with Crippen LogP contribution in [0.3, 0.4) is 0 Å². The molecule has 0 aromatic heterocycles. The van der Waals surface area contributed by atoms with E-state index in [0.29, 0.717) is 39.0 Å². The van der Waals surface area contributed by atoms with E-state index in [9.17, 15) is 24.6 Å². The fraction of sp³-hybridized carbons (Fsp3) is 0.414. The molecule has 4 atom stereocenters. The highest BCUT2D eigenvalue weighted by Crippen LogP contribution is 2.37. The largest absolute Gasteiger partial charge is 0.493 e. The van der Waals surface area contributed by atoms with Gasteiger partial charge >= 0.3 is 0 Å². The van der Waals surface area contributed by atoms with Gasteiger partial charge in [0, 0.05) is 42.3 Å². The first-order valence-corrected chi connectivity index (χ1v) is 14.6. The van der Waals surface area contributed by atoms with Crippen molar-refractivity contribution in [3.63, 3.8) is 0 Å². The molecule has 10 nitrogen and oxygen atoms in total. The maximum Gasteiger partial charge on any atom is 0.252 e. The zero-order valence-corrected chi connectivity index (χ0v) is 25.3. The van der Waals surface area contributed by atoms with Crippen LogP contribution in [0.5, 0.6) is 11.5 Å². The van der Waals surface area contributed by atoms with Crippen LogP contribution in [0.25, 0.3) is 0 Å². The number of carbonyl (C=O) groups excluding carboxylic acids is 3. The van der Waals surface area contributed by atoms with E-state index in [1.807, 2.05) is 22.6 Å². The number of nitrogens with one attached hydrogen (secondary N) is 1. The summed E-state index contributed by atoms with van der Waals surface area (Å²) in [4.78, 5) is 39.8. The molecular formula is C29H32ClIN2O8. The van der Waals surface area contributed by atoms with Gasteiger partial charge in [-0.3, -0.25) is 14.4 Å². The fourth-order valence-corrected chi connectivity index (χ4v) is 5.82. The SMILES string of the molecule is COc1cc(C=O)cc(I)c1O[C@H]1C=C(C(=O)NCCO)C[C@@H](N(Cc2ccc(Cl)cc2)C(=O)C2CCCO2)[C@@H]1O. The average Bonchev–Trinajstić information content (AvgIpc) is 3.52. The number of amides is 2. The first-order chi connectivity index (χ1) is 19.7. The van der Waals surface area contributed by atoms with Crippen LogP contribution in [0.1, 0.15) is 35.2 Å². The molecule has 1 aliphatic carbocycles. The third kappa shape index (κ3) is 7.58. The van der Waals surface area contributed by atoms with Gasteiger partial charge in [-0.1, -0.05) is 23.7 Å². The fourth-order valence-electron chi connectivity index (χ4n) is 4.94. The predicted octanol–water partition coefficient (Wildman–Crippen LogP) is 2.89. The minimum absolute atomic E-state index is 0.0388. The second-order valence-corrected chi connectivity index (χ2v) is 11.4. The van der Waals surface area contributed by atoms with E-state index >= 15 is 0 Å². The standard InChI is InChI=1S/C29H32ClIN2O8/c1-39-25-12-18(16-35)11-21(31)27(25)41-24-14-19(28(37)32-8-9-34)13-22(26(24)36)33(29(38)23-3-2-10-40-23)15-17-4-6-20(30)7-5-17/h4-7,11-12,14,16,22-24,26,34,36H,2-3,8-10,13,15H2,1H3,(H,32,37)/t22-,23?,24+,26+/m1/s1. The summed E-state index contributed by atoms with van der Waals surface area (Å²) >= 11 is 8.08. The van der Waals surface area contributed by atoms with Gasteiger partial charge in [-0.25, -0.2) is 0 Å². The number of benzene rings is 2. The highest BCUT2D eigenvalue weighted by atomic mass is 127. The molecule has 12 heteroatoms. The van der Waals surface area contributed by atoms with Crippen molar-refractivity contribution >= 4 is 52.3 Å². The molecule has 41 heavy (non-hydrogen) atoms. The molecule has 0 spiro atoms. The van der Waals surface area contributed by atoms with Gasteiger partial charge in [0.1, 0.15) is 24.6 Å². The Hall–Kier alpha value is -2.71. The predicted molar refractivity (Wildman–Crippen MR) is 159 cm³/mol. The minimum Gasteiger partial charge on any atom is -0.493 e. The third-order valence-corrected chi connectivity index (χ3v) is 8.06. The molecule has 2 aliphatic rings. The molecule has 2 aromatic rings. The van der Waals surface area contributed by atoms with Gasteiger partial charge in [0.05, 0.1) is 23.3 Å². The van der Waals surface area contributed by atoms with Gasteiger partial charge in [0.15, 0.2) is 11.5 Å². The normalized spacial score (nSPS) is 22.0. The van der Waals surface area contributed by atoms with Gasteiger partial charge in [-0.05, 0) is 71.3 Å². The van der Waals surface area contributed by atoms with Gasteiger partial charge in [0.2, 0.25) is 5.91 Å². The number of methoxy groups -OCH3 is 1. The van der Waals surface area contributed by atoms with E-state index in [1.54, 1.807) is 35.2 Å². The molecule has 0 radical (unpaired) electrons. The van der Waals surface area contributed by atoms with Crippen LogP contribution in [-0.2, 0) is 20.9 Å². The molecule has 4 rings (SSSR count). The number of nitrogens with zero attached hydrogens (tertiary/aromatic N) is 1. The Labute approximate surface area is 256 Å². The van der Waals surface area contributed by atoms with Crippen LogP contribution in [-0.4, -0.2) is 84.4 Å². The Morgan fingerprint density at radius 2 is 2.02 bits per heavy atom. The second-order valence-electron chi connectivity index (χ2n) is 9.76. The molecule has 1 aliphatic heterocycles. The summed E-state index contributed by atoms with van der Waals surface area (Å²) in [5.41, 5.74) is 1.46. The van der Waals surface area contributed by atoms with Crippen LogP contribution in [0, 0.1) is 3.57 Å². The topological polar surface area (TPSA) is 135 Å². The molecular weight excluding hydrogens is 667 g/mol. The lowest BCUT2D eigenvalue weighted by atomic mass is 9.87. The number of hydrogen-bond acceptors (Lipinski definition) is 8. The minimum atomic E-state index is -1.24.